The van der Waals surface area contributed by atoms with Gasteiger partial charge in [-0.3, -0.25) is 9.69 Å². The number of hydrogen-bond donors (Lipinski definition) is 0. The third-order valence-corrected chi connectivity index (χ3v) is 8.82. The monoisotopic (exact) mass is 421 g/mol. The Kier molecular flexibility index (Phi) is 6.45. The van der Waals surface area contributed by atoms with Crippen molar-refractivity contribution >= 4 is 12.2 Å². The standard InChI is InChI=1S/C27H39N3O/c31-26-27(30(21-28-26)18-15-22-9-3-1-4-10-22)16-19-29(20-17-27)25-14-8-7-13-24(25)23-11-5-2-6-12-23/h2,5-6,11-12,21-22,24-25H,1,3-4,7-10,13-20H2. The second kappa shape index (κ2) is 9.44. The van der Waals surface area contributed by atoms with Crippen LogP contribution >= 0.6 is 0 Å². The molecule has 4 heteroatoms. The Morgan fingerprint density at radius 3 is 2.39 bits per heavy atom. The highest BCUT2D eigenvalue weighted by atomic mass is 16.2. The lowest BCUT2D eigenvalue weighted by Crippen LogP contribution is -2.58. The maximum atomic E-state index is 12.9. The van der Waals surface area contributed by atoms with Crippen LogP contribution in [0.5, 0.6) is 0 Å². The number of likely N-dealkylation sites (tertiary alicyclic amines) is 1. The number of amides is 1. The first-order valence-corrected chi connectivity index (χ1v) is 12.9. The van der Waals surface area contributed by atoms with Gasteiger partial charge in [0.2, 0.25) is 0 Å². The summed E-state index contributed by atoms with van der Waals surface area (Å²) in [5, 5.41) is 0. The van der Waals surface area contributed by atoms with Gasteiger partial charge in [-0.05, 0) is 49.5 Å². The summed E-state index contributed by atoms with van der Waals surface area (Å²) in [7, 11) is 0. The predicted molar refractivity (Wildman–Crippen MR) is 126 cm³/mol. The molecule has 2 aliphatic carbocycles. The number of carbonyl (C=O) groups excluding carboxylic acids is 1. The van der Waals surface area contributed by atoms with Gasteiger partial charge in [-0.25, -0.2) is 4.99 Å². The molecule has 168 valence electrons. The highest BCUT2D eigenvalue weighted by molar-refractivity contribution is 5.98. The van der Waals surface area contributed by atoms with E-state index in [0.29, 0.717) is 12.0 Å². The van der Waals surface area contributed by atoms with Crippen LogP contribution in [0.2, 0.25) is 0 Å². The number of hydrogen-bond acceptors (Lipinski definition) is 3. The Hall–Kier alpha value is -1.68. The van der Waals surface area contributed by atoms with Crippen LogP contribution in [-0.4, -0.2) is 53.3 Å². The normalized spacial score (nSPS) is 29.7. The molecule has 31 heavy (non-hydrogen) atoms. The van der Waals surface area contributed by atoms with E-state index in [4.69, 9.17) is 0 Å². The average Bonchev–Trinajstić information content (AvgIpc) is 3.14. The van der Waals surface area contributed by atoms with Crippen LogP contribution in [-0.2, 0) is 4.79 Å². The lowest BCUT2D eigenvalue weighted by atomic mass is 9.77. The van der Waals surface area contributed by atoms with Gasteiger partial charge in [0.1, 0.15) is 5.54 Å². The van der Waals surface area contributed by atoms with Gasteiger partial charge in [-0.1, -0.05) is 75.3 Å². The molecule has 2 unspecified atom stereocenters. The van der Waals surface area contributed by atoms with E-state index in [1.165, 1.54) is 69.8 Å². The second-order valence-corrected chi connectivity index (χ2v) is 10.5. The van der Waals surface area contributed by atoms with Crippen LogP contribution in [0.25, 0.3) is 0 Å². The molecule has 1 aromatic rings. The zero-order chi connectivity index (χ0) is 21.1. The van der Waals surface area contributed by atoms with Gasteiger partial charge >= 0.3 is 0 Å². The van der Waals surface area contributed by atoms with Crippen molar-refractivity contribution in [2.24, 2.45) is 10.9 Å². The summed E-state index contributed by atoms with van der Waals surface area (Å²) < 4.78 is 0. The van der Waals surface area contributed by atoms with Gasteiger partial charge in [0.05, 0.1) is 6.34 Å². The van der Waals surface area contributed by atoms with Gasteiger partial charge in [0, 0.05) is 25.7 Å². The van der Waals surface area contributed by atoms with Crippen molar-refractivity contribution in [1.29, 1.82) is 0 Å². The van der Waals surface area contributed by atoms with Gasteiger partial charge in [0.25, 0.3) is 5.91 Å². The van der Waals surface area contributed by atoms with Crippen LogP contribution in [0, 0.1) is 5.92 Å². The Balaban J connectivity index is 1.23. The van der Waals surface area contributed by atoms with Crippen molar-refractivity contribution in [2.75, 3.05) is 19.6 Å². The summed E-state index contributed by atoms with van der Waals surface area (Å²) in [6.07, 6.45) is 17.2. The van der Waals surface area contributed by atoms with Crippen LogP contribution in [0.1, 0.15) is 88.5 Å². The summed E-state index contributed by atoms with van der Waals surface area (Å²) in [4.78, 5) is 22.3. The first-order chi connectivity index (χ1) is 15.3. The molecule has 0 aromatic heterocycles. The maximum Gasteiger partial charge on any atom is 0.273 e. The van der Waals surface area contributed by atoms with Crippen LogP contribution < -0.4 is 0 Å². The zero-order valence-corrected chi connectivity index (χ0v) is 19.1. The molecule has 1 amide bonds. The summed E-state index contributed by atoms with van der Waals surface area (Å²) in [5.74, 6) is 1.62. The molecule has 0 bridgehead atoms. The predicted octanol–water partition coefficient (Wildman–Crippen LogP) is 5.39. The lowest BCUT2D eigenvalue weighted by molar-refractivity contribution is -0.128. The van der Waals surface area contributed by atoms with Crippen LogP contribution in [0.3, 0.4) is 0 Å². The maximum absolute atomic E-state index is 12.9. The smallest absolute Gasteiger partial charge is 0.273 e. The number of aliphatic imine (C=N–C) groups is 1. The quantitative estimate of drug-likeness (QED) is 0.640. The highest BCUT2D eigenvalue weighted by Crippen LogP contribution is 2.40. The van der Waals surface area contributed by atoms with Gasteiger partial charge < -0.3 is 4.90 Å². The number of nitrogens with zero attached hydrogens (tertiary/aromatic N) is 3. The minimum absolute atomic E-state index is 0.124. The average molecular weight is 422 g/mol. The molecular formula is C27H39N3O. The van der Waals surface area contributed by atoms with E-state index in [-0.39, 0.29) is 11.4 Å². The first-order valence-electron chi connectivity index (χ1n) is 12.9. The second-order valence-electron chi connectivity index (χ2n) is 10.5. The number of piperidine rings is 1. The van der Waals surface area contributed by atoms with Crippen molar-refractivity contribution in [3.8, 4) is 0 Å². The van der Waals surface area contributed by atoms with Crippen LogP contribution in [0.4, 0.5) is 0 Å². The topological polar surface area (TPSA) is 35.9 Å². The van der Waals surface area contributed by atoms with Crippen molar-refractivity contribution < 1.29 is 4.79 Å². The fourth-order valence-corrected chi connectivity index (χ4v) is 6.91. The van der Waals surface area contributed by atoms with E-state index in [1.54, 1.807) is 0 Å². The molecule has 2 atom stereocenters. The van der Waals surface area contributed by atoms with E-state index in [1.807, 2.05) is 6.34 Å². The molecule has 1 saturated heterocycles. The Labute approximate surface area is 188 Å². The van der Waals surface area contributed by atoms with Crippen molar-refractivity contribution in [3.63, 3.8) is 0 Å². The Bertz CT molecular complexity index is 762. The van der Waals surface area contributed by atoms with Crippen molar-refractivity contribution in [3.05, 3.63) is 35.9 Å². The number of carbonyl (C=O) groups is 1. The largest absolute Gasteiger partial charge is 0.348 e. The van der Waals surface area contributed by atoms with Gasteiger partial charge in [-0.2, -0.15) is 0 Å². The van der Waals surface area contributed by atoms with Gasteiger partial charge in [-0.15, -0.1) is 0 Å². The Morgan fingerprint density at radius 2 is 1.61 bits per heavy atom. The molecule has 3 fully saturated rings. The van der Waals surface area contributed by atoms with E-state index < -0.39 is 0 Å². The van der Waals surface area contributed by atoms with Gasteiger partial charge in [0.15, 0.2) is 0 Å². The molecule has 1 aromatic carbocycles. The molecule has 5 rings (SSSR count). The highest BCUT2D eigenvalue weighted by Gasteiger charge is 2.49. The van der Waals surface area contributed by atoms with Crippen molar-refractivity contribution in [2.45, 2.75) is 94.5 Å². The zero-order valence-electron chi connectivity index (χ0n) is 19.1. The summed E-state index contributed by atoms with van der Waals surface area (Å²) in [5.41, 5.74) is 1.16. The fourth-order valence-electron chi connectivity index (χ4n) is 6.91. The molecule has 1 spiro atoms. The Morgan fingerprint density at radius 1 is 0.903 bits per heavy atom. The molecule has 2 aliphatic heterocycles. The summed E-state index contributed by atoms with van der Waals surface area (Å²) in [6, 6.07) is 11.8. The third kappa shape index (κ3) is 4.33. The molecule has 2 heterocycles. The SMILES string of the molecule is O=C1N=CN(CCC2CCCCC2)C12CCN(C1CCCCC1c1ccccc1)CC2. The third-order valence-electron chi connectivity index (χ3n) is 8.82. The lowest BCUT2D eigenvalue weighted by Gasteiger charge is -2.48. The summed E-state index contributed by atoms with van der Waals surface area (Å²) >= 11 is 0. The van der Waals surface area contributed by atoms with Crippen molar-refractivity contribution in [1.82, 2.24) is 9.80 Å². The fraction of sp³-hybridized carbons (Fsp3) is 0.704. The van der Waals surface area contributed by atoms with Crippen LogP contribution in [0.15, 0.2) is 35.3 Å². The molecule has 0 N–H and O–H groups in total. The van der Waals surface area contributed by atoms with E-state index in [2.05, 4.69) is 45.1 Å². The minimum atomic E-state index is -0.345. The molecule has 4 nitrogen and oxygen atoms in total. The molecular weight excluding hydrogens is 382 g/mol. The van der Waals surface area contributed by atoms with E-state index in [9.17, 15) is 4.79 Å². The molecule has 0 radical (unpaired) electrons. The summed E-state index contributed by atoms with van der Waals surface area (Å²) in [6.45, 7) is 3.07. The molecule has 4 aliphatic rings. The molecule has 2 saturated carbocycles. The number of benzene rings is 1. The van der Waals surface area contributed by atoms with E-state index >= 15 is 0 Å². The minimum Gasteiger partial charge on any atom is -0.348 e. The number of rotatable bonds is 5. The van der Waals surface area contributed by atoms with E-state index in [0.717, 1.165) is 38.4 Å². The first kappa shape index (κ1) is 21.2.